The largest absolute Gasteiger partial charge is 0.466 e. The monoisotopic (exact) mass is 472 g/mol. The third kappa shape index (κ3) is 6.45. The van der Waals surface area contributed by atoms with Crippen LogP contribution in [0, 0.1) is 11.3 Å². The molecule has 9 nitrogen and oxygen atoms in total. The molecule has 0 radical (unpaired) electrons. The number of ether oxygens (including phenoxy) is 7. The van der Waals surface area contributed by atoms with Gasteiger partial charge in [-0.1, -0.05) is 0 Å². The fraction of sp³-hybridized carbons (Fsp3) is 0.917. The zero-order valence-electron chi connectivity index (χ0n) is 20.4. The first-order valence-electron chi connectivity index (χ1n) is 12.3. The van der Waals surface area contributed by atoms with Crippen LogP contribution in [0.5, 0.6) is 0 Å². The highest BCUT2D eigenvalue weighted by Crippen LogP contribution is 2.45. The van der Waals surface area contributed by atoms with Crippen molar-refractivity contribution in [2.75, 3.05) is 53.4 Å². The zero-order valence-corrected chi connectivity index (χ0v) is 20.4. The molecule has 4 fully saturated rings. The Morgan fingerprint density at radius 3 is 1.70 bits per heavy atom. The molecule has 2 aliphatic carbocycles. The van der Waals surface area contributed by atoms with Crippen LogP contribution in [0.3, 0.4) is 0 Å². The molecule has 190 valence electrons. The lowest BCUT2D eigenvalue weighted by Crippen LogP contribution is -2.46. The Balaban J connectivity index is 0.000000189. The van der Waals surface area contributed by atoms with Gasteiger partial charge in [0.15, 0.2) is 11.6 Å². The summed E-state index contributed by atoms with van der Waals surface area (Å²) in [7, 11) is 1.62. The lowest BCUT2D eigenvalue weighted by Gasteiger charge is -2.41. The van der Waals surface area contributed by atoms with Crippen molar-refractivity contribution in [2.24, 2.45) is 11.3 Å². The van der Waals surface area contributed by atoms with Crippen LogP contribution in [0.25, 0.3) is 0 Å². The number of carbonyl (C=O) groups is 2. The molecule has 0 aromatic heterocycles. The van der Waals surface area contributed by atoms with E-state index in [9.17, 15) is 9.59 Å². The van der Waals surface area contributed by atoms with E-state index in [0.717, 1.165) is 38.5 Å². The van der Waals surface area contributed by atoms with E-state index in [2.05, 4.69) is 0 Å². The molecule has 2 heterocycles. The van der Waals surface area contributed by atoms with Crippen LogP contribution in [-0.4, -0.2) is 76.9 Å². The number of methoxy groups -OCH3 is 1. The Morgan fingerprint density at radius 2 is 1.24 bits per heavy atom. The molecule has 2 aliphatic heterocycles. The van der Waals surface area contributed by atoms with Gasteiger partial charge in [-0.25, -0.2) is 0 Å². The van der Waals surface area contributed by atoms with Gasteiger partial charge in [-0.05, 0) is 39.5 Å². The topological polar surface area (TPSA) is 98.8 Å². The molecular formula is C24H40O9. The average Bonchev–Trinajstić information content (AvgIpc) is 3.47. The minimum atomic E-state index is -0.522. The van der Waals surface area contributed by atoms with Crippen LogP contribution in [0.15, 0.2) is 0 Å². The predicted octanol–water partition coefficient (Wildman–Crippen LogP) is 2.98. The number of rotatable bonds is 6. The predicted molar refractivity (Wildman–Crippen MR) is 117 cm³/mol. The molecule has 0 aromatic rings. The smallest absolute Gasteiger partial charge is 0.314 e. The van der Waals surface area contributed by atoms with Crippen LogP contribution in [0.1, 0.15) is 65.2 Å². The van der Waals surface area contributed by atoms with E-state index in [0.29, 0.717) is 59.1 Å². The summed E-state index contributed by atoms with van der Waals surface area (Å²) < 4.78 is 38.0. The van der Waals surface area contributed by atoms with Crippen molar-refractivity contribution in [2.45, 2.75) is 76.8 Å². The maximum absolute atomic E-state index is 12.1. The molecule has 2 saturated heterocycles. The minimum Gasteiger partial charge on any atom is -0.466 e. The van der Waals surface area contributed by atoms with E-state index in [1.54, 1.807) is 7.11 Å². The Morgan fingerprint density at radius 1 is 0.758 bits per heavy atom. The van der Waals surface area contributed by atoms with Gasteiger partial charge in [-0.2, -0.15) is 0 Å². The van der Waals surface area contributed by atoms with Crippen LogP contribution in [0.4, 0.5) is 0 Å². The van der Waals surface area contributed by atoms with Crippen molar-refractivity contribution in [3.8, 4) is 0 Å². The second-order valence-corrected chi connectivity index (χ2v) is 9.18. The molecule has 2 saturated carbocycles. The second-order valence-electron chi connectivity index (χ2n) is 9.18. The van der Waals surface area contributed by atoms with E-state index in [1.165, 1.54) is 0 Å². The Labute approximate surface area is 196 Å². The third-order valence-corrected chi connectivity index (χ3v) is 7.09. The SMILES string of the molecule is CCOC(=O)C1(COC)CCC2(CC1)OCCO2.CCOC(=O)C1CCC2(CC1)OCCO2. The van der Waals surface area contributed by atoms with Crippen molar-refractivity contribution >= 4 is 11.9 Å². The fourth-order valence-corrected chi connectivity index (χ4v) is 5.20. The standard InChI is InChI=1S/C13H22O5.C11H18O4/c1-3-16-11(14)12(10-15-2)4-6-13(7-5-12)17-8-9-18-13;1-2-13-10(12)9-3-5-11(6-4-9)14-7-8-15-11/h3-10H2,1-2H3;9H,2-8H2,1H3. The van der Waals surface area contributed by atoms with Crippen molar-refractivity contribution in [1.29, 1.82) is 0 Å². The van der Waals surface area contributed by atoms with E-state index < -0.39 is 11.2 Å². The van der Waals surface area contributed by atoms with Crippen LogP contribution >= 0.6 is 0 Å². The molecule has 0 unspecified atom stereocenters. The fourth-order valence-electron chi connectivity index (χ4n) is 5.20. The van der Waals surface area contributed by atoms with E-state index in [-0.39, 0.29) is 23.6 Å². The van der Waals surface area contributed by atoms with Crippen molar-refractivity contribution in [3.63, 3.8) is 0 Å². The molecule has 2 spiro atoms. The van der Waals surface area contributed by atoms with Gasteiger partial charge in [-0.15, -0.1) is 0 Å². The molecular weight excluding hydrogens is 432 g/mol. The van der Waals surface area contributed by atoms with Gasteiger partial charge in [0, 0.05) is 32.8 Å². The number of hydrogen-bond acceptors (Lipinski definition) is 9. The summed E-state index contributed by atoms with van der Waals surface area (Å²) in [4.78, 5) is 23.6. The first-order valence-corrected chi connectivity index (χ1v) is 12.3. The summed E-state index contributed by atoms with van der Waals surface area (Å²) in [6.07, 6.45) is 6.12. The highest BCUT2D eigenvalue weighted by atomic mass is 16.7. The normalized spacial score (nSPS) is 27.1. The first-order chi connectivity index (χ1) is 15.9. The van der Waals surface area contributed by atoms with Gasteiger partial charge in [0.1, 0.15) is 0 Å². The number of carbonyl (C=O) groups excluding carboxylic acids is 2. The quantitative estimate of drug-likeness (QED) is 0.540. The Hall–Kier alpha value is -1.26. The second kappa shape index (κ2) is 11.9. The molecule has 0 aromatic carbocycles. The van der Waals surface area contributed by atoms with Gasteiger partial charge in [-0.3, -0.25) is 9.59 Å². The molecule has 33 heavy (non-hydrogen) atoms. The highest BCUT2D eigenvalue weighted by molar-refractivity contribution is 5.77. The molecule has 0 bridgehead atoms. The van der Waals surface area contributed by atoms with Crippen LogP contribution in [-0.2, 0) is 42.7 Å². The summed E-state index contributed by atoms with van der Waals surface area (Å²) in [5.41, 5.74) is -0.522. The molecule has 4 rings (SSSR count). The van der Waals surface area contributed by atoms with Crippen LogP contribution < -0.4 is 0 Å². The van der Waals surface area contributed by atoms with Gasteiger partial charge in [0.2, 0.25) is 0 Å². The van der Waals surface area contributed by atoms with Gasteiger partial charge >= 0.3 is 11.9 Å². The maximum Gasteiger partial charge on any atom is 0.314 e. The lowest BCUT2D eigenvalue weighted by molar-refractivity contribution is -0.203. The minimum absolute atomic E-state index is 0.0448. The Kier molecular flexibility index (Phi) is 9.52. The van der Waals surface area contributed by atoms with Crippen molar-refractivity contribution < 1.29 is 42.7 Å². The molecule has 0 amide bonds. The summed E-state index contributed by atoms with van der Waals surface area (Å²) in [6, 6.07) is 0. The van der Waals surface area contributed by atoms with E-state index in [4.69, 9.17) is 33.2 Å². The first kappa shape index (κ1) is 26.3. The lowest BCUT2D eigenvalue weighted by atomic mass is 9.72. The maximum atomic E-state index is 12.1. The number of hydrogen-bond donors (Lipinski definition) is 0. The van der Waals surface area contributed by atoms with Crippen LogP contribution in [0.2, 0.25) is 0 Å². The van der Waals surface area contributed by atoms with Gasteiger partial charge in [0.05, 0.1) is 57.6 Å². The summed E-state index contributed by atoms with van der Waals surface area (Å²) in [6.45, 7) is 7.61. The van der Waals surface area contributed by atoms with Crippen molar-refractivity contribution in [1.82, 2.24) is 0 Å². The number of esters is 2. The average molecular weight is 473 g/mol. The summed E-state index contributed by atoms with van der Waals surface area (Å²) >= 11 is 0. The van der Waals surface area contributed by atoms with E-state index in [1.807, 2.05) is 13.8 Å². The molecule has 0 atom stereocenters. The van der Waals surface area contributed by atoms with E-state index >= 15 is 0 Å². The third-order valence-electron chi connectivity index (χ3n) is 7.09. The van der Waals surface area contributed by atoms with Crippen molar-refractivity contribution in [3.05, 3.63) is 0 Å². The molecule has 9 heteroatoms. The molecule has 4 aliphatic rings. The Bertz CT molecular complexity index is 618. The van der Waals surface area contributed by atoms with Gasteiger partial charge < -0.3 is 33.2 Å². The zero-order chi connectivity index (χ0) is 23.8. The summed E-state index contributed by atoms with van der Waals surface area (Å²) in [5, 5.41) is 0. The van der Waals surface area contributed by atoms with Gasteiger partial charge in [0.25, 0.3) is 0 Å². The molecule has 0 N–H and O–H groups in total. The highest BCUT2D eigenvalue weighted by Gasteiger charge is 2.50. The summed E-state index contributed by atoms with van der Waals surface area (Å²) in [5.74, 6) is -0.999.